The molecule has 5 rings (SSSR count). The first-order chi connectivity index (χ1) is 15.6. The highest BCUT2D eigenvalue weighted by Gasteiger charge is 2.30. The normalized spacial score (nSPS) is 14.0. The molecule has 0 spiro atoms. The highest BCUT2D eigenvalue weighted by atomic mass is 19.1. The van der Waals surface area contributed by atoms with Crippen LogP contribution in [0.25, 0.3) is 21.7 Å². The molecule has 4 heterocycles. The van der Waals surface area contributed by atoms with Crippen LogP contribution in [-0.4, -0.2) is 57.7 Å². The molecule has 1 fully saturated rings. The Morgan fingerprint density at radius 1 is 1.09 bits per heavy atom. The number of aromatic nitrogens is 3. The molecule has 0 bridgehead atoms. The maximum absolute atomic E-state index is 14.3. The summed E-state index contributed by atoms with van der Waals surface area (Å²) in [6, 6.07) is 11.8. The Labute approximate surface area is 181 Å². The Bertz CT molecular complexity index is 1410. The number of Topliss-reactive ketones (excluding diaryl/α,β-unsaturated/α-hetero) is 1. The van der Waals surface area contributed by atoms with Gasteiger partial charge in [-0.15, -0.1) is 0 Å². The number of nitrogens with zero attached hydrogens (tertiary/aromatic N) is 5. The minimum absolute atomic E-state index is 0.0379. The van der Waals surface area contributed by atoms with E-state index in [0.29, 0.717) is 26.2 Å². The molecule has 0 radical (unpaired) electrons. The lowest BCUT2D eigenvalue weighted by atomic mass is 10.1. The molecule has 158 valence electrons. The number of aromatic amines is 1. The minimum atomic E-state index is -0.818. The molecular formula is C23H17FN6O2. The number of piperazine rings is 1. The quantitative estimate of drug-likeness (QED) is 0.397. The van der Waals surface area contributed by atoms with Crippen molar-refractivity contribution in [1.29, 1.82) is 5.26 Å². The minimum Gasteiger partial charge on any atom is -0.358 e. The van der Waals surface area contributed by atoms with Crippen molar-refractivity contribution in [1.82, 2.24) is 19.9 Å². The number of amides is 1. The molecule has 1 aliphatic heterocycles. The molecule has 3 aromatic heterocycles. The number of carbonyl (C=O) groups is 2. The molecule has 32 heavy (non-hydrogen) atoms. The second kappa shape index (κ2) is 7.74. The van der Waals surface area contributed by atoms with Crippen molar-refractivity contribution in [2.24, 2.45) is 0 Å². The molecule has 0 saturated carbocycles. The fraction of sp³-hybridized carbons (Fsp3) is 0.174. The summed E-state index contributed by atoms with van der Waals surface area (Å²) in [6.07, 6.45) is 3.90. The predicted molar refractivity (Wildman–Crippen MR) is 116 cm³/mol. The summed E-state index contributed by atoms with van der Waals surface area (Å²) in [5.41, 5.74) is -0.0286. The number of hydrogen-bond donors (Lipinski definition) is 1. The summed E-state index contributed by atoms with van der Waals surface area (Å²) in [7, 11) is 0. The van der Waals surface area contributed by atoms with E-state index in [9.17, 15) is 14.0 Å². The van der Waals surface area contributed by atoms with Gasteiger partial charge < -0.3 is 14.8 Å². The first-order valence-electron chi connectivity index (χ1n) is 10.1. The third-order valence-electron chi connectivity index (χ3n) is 5.73. The first-order valence-corrected chi connectivity index (χ1v) is 10.1. The molecule has 1 saturated heterocycles. The molecule has 4 aromatic rings. The molecule has 9 heteroatoms. The molecule has 0 atom stereocenters. The second-order valence-electron chi connectivity index (χ2n) is 7.48. The third-order valence-corrected chi connectivity index (χ3v) is 5.73. The summed E-state index contributed by atoms with van der Waals surface area (Å²) in [5, 5.41) is 11.2. The zero-order valence-corrected chi connectivity index (χ0v) is 16.9. The largest absolute Gasteiger partial charge is 0.358 e. The Balaban J connectivity index is 1.35. The average Bonchev–Trinajstić information content (AvgIpc) is 3.29. The van der Waals surface area contributed by atoms with E-state index in [1.165, 1.54) is 11.1 Å². The first kappa shape index (κ1) is 19.6. The predicted octanol–water partition coefficient (Wildman–Crippen LogP) is 2.65. The van der Waals surface area contributed by atoms with Gasteiger partial charge in [0.2, 0.25) is 0 Å². The SMILES string of the molecule is N#Cc1ncc(F)c2c(C(=O)C(=O)N3CCN(c4nccc5ccccc45)CC3)c[nH]c12. The van der Waals surface area contributed by atoms with E-state index in [4.69, 9.17) is 5.26 Å². The number of anilines is 1. The van der Waals surface area contributed by atoms with Gasteiger partial charge in [-0.1, -0.05) is 24.3 Å². The van der Waals surface area contributed by atoms with Crippen LogP contribution in [-0.2, 0) is 4.79 Å². The Morgan fingerprint density at radius 3 is 2.66 bits per heavy atom. The smallest absolute Gasteiger partial charge is 0.295 e. The molecule has 8 nitrogen and oxygen atoms in total. The van der Waals surface area contributed by atoms with E-state index in [0.717, 1.165) is 22.8 Å². The molecule has 1 N–H and O–H groups in total. The van der Waals surface area contributed by atoms with Gasteiger partial charge in [-0.2, -0.15) is 5.26 Å². The highest BCUT2D eigenvalue weighted by Crippen LogP contribution is 2.26. The number of ketones is 1. The maximum Gasteiger partial charge on any atom is 0.295 e. The number of fused-ring (bicyclic) bond motifs is 2. The van der Waals surface area contributed by atoms with Gasteiger partial charge in [0, 0.05) is 44.0 Å². The Kier molecular flexibility index (Phi) is 4.75. The van der Waals surface area contributed by atoms with Crippen LogP contribution in [0.2, 0.25) is 0 Å². The molecule has 1 aromatic carbocycles. The number of halogens is 1. The number of H-pyrrole nitrogens is 1. The highest BCUT2D eigenvalue weighted by molar-refractivity contribution is 6.45. The van der Waals surface area contributed by atoms with E-state index in [1.807, 2.05) is 36.4 Å². The summed E-state index contributed by atoms with van der Waals surface area (Å²) in [4.78, 5) is 40.3. The van der Waals surface area contributed by atoms with Crippen LogP contribution in [0.4, 0.5) is 10.2 Å². The van der Waals surface area contributed by atoms with Crippen molar-refractivity contribution < 1.29 is 14.0 Å². The fourth-order valence-electron chi connectivity index (χ4n) is 4.11. The number of carbonyl (C=O) groups excluding carboxylic acids is 2. The maximum atomic E-state index is 14.3. The molecular weight excluding hydrogens is 411 g/mol. The van der Waals surface area contributed by atoms with E-state index < -0.39 is 17.5 Å². The average molecular weight is 428 g/mol. The summed E-state index contributed by atoms with van der Waals surface area (Å²) in [6.45, 7) is 1.71. The molecule has 1 aliphatic rings. The zero-order chi connectivity index (χ0) is 22.2. The van der Waals surface area contributed by atoms with Gasteiger partial charge in [0.05, 0.1) is 22.7 Å². The summed E-state index contributed by atoms with van der Waals surface area (Å²) in [5.74, 6) is -1.44. The van der Waals surface area contributed by atoms with E-state index in [2.05, 4.69) is 19.9 Å². The van der Waals surface area contributed by atoms with Crippen molar-refractivity contribution in [2.45, 2.75) is 0 Å². The summed E-state index contributed by atoms with van der Waals surface area (Å²) >= 11 is 0. The van der Waals surface area contributed by atoms with Crippen LogP contribution in [0.15, 0.2) is 48.9 Å². The lowest BCUT2D eigenvalue weighted by molar-refractivity contribution is -0.126. The number of pyridine rings is 2. The number of benzene rings is 1. The zero-order valence-electron chi connectivity index (χ0n) is 16.9. The van der Waals surface area contributed by atoms with Crippen molar-refractivity contribution in [3.8, 4) is 6.07 Å². The van der Waals surface area contributed by atoms with Crippen LogP contribution in [0.1, 0.15) is 16.1 Å². The Hall–Kier alpha value is -4.32. The number of rotatable bonds is 3. The van der Waals surface area contributed by atoms with Gasteiger partial charge in [0.15, 0.2) is 11.5 Å². The van der Waals surface area contributed by atoms with Crippen molar-refractivity contribution in [2.75, 3.05) is 31.1 Å². The van der Waals surface area contributed by atoms with Crippen LogP contribution in [0.3, 0.4) is 0 Å². The van der Waals surface area contributed by atoms with Crippen molar-refractivity contribution in [3.05, 3.63) is 66.0 Å². The van der Waals surface area contributed by atoms with Gasteiger partial charge in [-0.05, 0) is 11.5 Å². The number of hydrogen-bond acceptors (Lipinski definition) is 6. The van der Waals surface area contributed by atoms with Gasteiger partial charge >= 0.3 is 0 Å². The van der Waals surface area contributed by atoms with E-state index in [-0.39, 0.29) is 22.2 Å². The van der Waals surface area contributed by atoms with Crippen LogP contribution in [0.5, 0.6) is 0 Å². The Morgan fingerprint density at radius 2 is 1.88 bits per heavy atom. The number of nitriles is 1. The molecule has 1 amide bonds. The second-order valence-corrected chi connectivity index (χ2v) is 7.48. The van der Waals surface area contributed by atoms with Crippen LogP contribution in [0, 0.1) is 17.1 Å². The van der Waals surface area contributed by atoms with Gasteiger partial charge in [0.25, 0.3) is 11.7 Å². The van der Waals surface area contributed by atoms with E-state index in [1.54, 1.807) is 6.20 Å². The van der Waals surface area contributed by atoms with Gasteiger partial charge in [0.1, 0.15) is 11.9 Å². The lowest BCUT2D eigenvalue weighted by Crippen LogP contribution is -2.50. The van der Waals surface area contributed by atoms with Gasteiger partial charge in [-0.3, -0.25) is 9.59 Å². The standard InChI is InChI=1S/C23H17FN6O2/c24-17-13-27-18(11-25)20-19(17)16(12-28-20)21(31)23(32)30-9-7-29(8-10-30)22-15-4-2-1-3-14(15)5-6-26-22/h1-6,12-13,28H,7-10H2. The van der Waals surface area contributed by atoms with E-state index >= 15 is 0 Å². The van der Waals surface area contributed by atoms with Gasteiger partial charge in [-0.25, -0.2) is 14.4 Å². The topological polar surface area (TPSA) is 106 Å². The van der Waals surface area contributed by atoms with Crippen LogP contribution >= 0.6 is 0 Å². The monoisotopic (exact) mass is 428 g/mol. The fourth-order valence-corrected chi connectivity index (χ4v) is 4.11. The van der Waals surface area contributed by atoms with Crippen molar-refractivity contribution >= 4 is 39.2 Å². The lowest BCUT2D eigenvalue weighted by Gasteiger charge is -2.35. The third kappa shape index (κ3) is 3.13. The van der Waals surface area contributed by atoms with Crippen molar-refractivity contribution in [3.63, 3.8) is 0 Å². The molecule has 0 aliphatic carbocycles. The number of nitrogens with one attached hydrogen (secondary N) is 1. The van der Waals surface area contributed by atoms with Crippen LogP contribution < -0.4 is 4.90 Å². The summed E-state index contributed by atoms with van der Waals surface area (Å²) < 4.78 is 14.3. The molecule has 0 unspecified atom stereocenters.